The number of hydrogen-bond acceptors (Lipinski definition) is 1. The van der Waals surface area contributed by atoms with E-state index in [-0.39, 0.29) is 6.04 Å². The van der Waals surface area contributed by atoms with Gasteiger partial charge in [-0.15, -0.1) is 0 Å². The van der Waals surface area contributed by atoms with Crippen LogP contribution in [-0.4, -0.2) is 4.57 Å². The van der Waals surface area contributed by atoms with Crippen LogP contribution in [0.1, 0.15) is 57.8 Å². The van der Waals surface area contributed by atoms with Gasteiger partial charge in [0.2, 0.25) is 0 Å². The van der Waals surface area contributed by atoms with Gasteiger partial charge in [-0.2, -0.15) is 0 Å². The molecule has 0 aliphatic heterocycles. The molecule has 2 aliphatic rings. The van der Waals surface area contributed by atoms with Crippen molar-refractivity contribution < 1.29 is 0 Å². The third-order valence-corrected chi connectivity index (χ3v) is 5.07. The van der Waals surface area contributed by atoms with Crippen molar-refractivity contribution in [1.29, 1.82) is 0 Å². The van der Waals surface area contributed by atoms with Gasteiger partial charge >= 0.3 is 0 Å². The highest BCUT2D eigenvalue weighted by atomic mass is 15.0. The van der Waals surface area contributed by atoms with Crippen molar-refractivity contribution in [2.24, 2.45) is 22.5 Å². The lowest BCUT2D eigenvalue weighted by molar-refractivity contribution is 0.273. The summed E-state index contributed by atoms with van der Waals surface area (Å²) >= 11 is 0. The topological polar surface area (TPSA) is 30.9 Å². The lowest BCUT2D eigenvalue weighted by Gasteiger charge is -2.34. The van der Waals surface area contributed by atoms with Crippen LogP contribution in [0.3, 0.4) is 0 Å². The van der Waals surface area contributed by atoms with E-state index >= 15 is 0 Å². The van der Waals surface area contributed by atoms with Gasteiger partial charge in [0.25, 0.3) is 0 Å². The van der Waals surface area contributed by atoms with E-state index in [0.717, 1.165) is 12.3 Å². The summed E-state index contributed by atoms with van der Waals surface area (Å²) in [5.41, 5.74) is 10.1. The molecule has 1 aromatic heterocycles. The van der Waals surface area contributed by atoms with Crippen LogP contribution in [0.5, 0.6) is 0 Å². The molecule has 3 rings (SSSR count). The minimum Gasteiger partial charge on any atom is -0.351 e. The molecule has 0 spiro atoms. The summed E-state index contributed by atoms with van der Waals surface area (Å²) in [5, 5.41) is 0. The van der Waals surface area contributed by atoms with Gasteiger partial charge in [0.15, 0.2) is 0 Å². The highest BCUT2D eigenvalue weighted by Crippen LogP contribution is 2.53. The number of rotatable bonds is 2. The second kappa shape index (κ2) is 3.63. The minimum absolute atomic E-state index is 0.234. The Morgan fingerprint density at radius 1 is 1.28 bits per heavy atom. The molecule has 2 N–H and O–H groups in total. The zero-order valence-electron chi connectivity index (χ0n) is 12.2. The molecule has 1 saturated carbocycles. The average Bonchev–Trinajstić information content (AvgIpc) is 2.64. The molecule has 0 saturated heterocycles. The average molecular weight is 246 g/mol. The minimum atomic E-state index is 0.234. The lowest BCUT2D eigenvalue weighted by atomic mass is 9.74. The maximum atomic E-state index is 6.32. The van der Waals surface area contributed by atoms with Gasteiger partial charge in [-0.05, 0) is 47.6 Å². The van der Waals surface area contributed by atoms with E-state index in [1.54, 1.807) is 0 Å². The molecule has 0 amide bonds. The van der Waals surface area contributed by atoms with E-state index in [2.05, 4.69) is 44.5 Å². The van der Waals surface area contributed by atoms with Crippen LogP contribution in [0.25, 0.3) is 0 Å². The zero-order valence-corrected chi connectivity index (χ0v) is 12.2. The Balaban J connectivity index is 1.86. The molecule has 1 aromatic rings. The first kappa shape index (κ1) is 12.3. The molecule has 2 aliphatic carbocycles. The van der Waals surface area contributed by atoms with Crippen LogP contribution < -0.4 is 5.73 Å². The molecular weight excluding hydrogens is 220 g/mol. The molecular formula is C16H26N2. The van der Waals surface area contributed by atoms with Crippen molar-refractivity contribution in [2.75, 3.05) is 0 Å². The summed E-state index contributed by atoms with van der Waals surface area (Å²) in [6.07, 6.45) is 5.92. The Bertz CT molecular complexity index is 467. The summed E-state index contributed by atoms with van der Waals surface area (Å²) in [6, 6.07) is 2.49. The van der Waals surface area contributed by atoms with Gasteiger partial charge in [-0.3, -0.25) is 0 Å². The summed E-state index contributed by atoms with van der Waals surface area (Å²) < 4.78 is 2.48. The van der Waals surface area contributed by atoms with Gasteiger partial charge < -0.3 is 10.3 Å². The van der Waals surface area contributed by atoms with Gasteiger partial charge in [0.05, 0.1) is 0 Å². The standard InChI is InChI=1S/C16H26N2/c1-15(2)8-13(17)12-5-6-18(14(12)9-15)10-11-7-16(11,3)4/h5-6,11,13H,7-10,17H2,1-4H3. The van der Waals surface area contributed by atoms with Crippen LogP contribution in [-0.2, 0) is 13.0 Å². The number of aromatic nitrogens is 1. The predicted octanol–water partition coefficient (Wildman–Crippen LogP) is 3.51. The van der Waals surface area contributed by atoms with Gasteiger partial charge in [0, 0.05) is 24.5 Å². The number of hydrogen-bond donors (Lipinski definition) is 1. The SMILES string of the molecule is CC1(C)Cc2c(ccn2CC2CC2(C)C)C(N)C1. The molecule has 2 unspecified atom stereocenters. The maximum absolute atomic E-state index is 6.32. The monoisotopic (exact) mass is 246 g/mol. The highest BCUT2D eigenvalue weighted by Gasteiger charge is 2.46. The number of fused-ring (bicyclic) bond motifs is 1. The molecule has 18 heavy (non-hydrogen) atoms. The quantitative estimate of drug-likeness (QED) is 0.850. The molecule has 0 radical (unpaired) electrons. The lowest BCUT2D eigenvalue weighted by Crippen LogP contribution is -2.30. The first-order valence-electron chi connectivity index (χ1n) is 7.22. The Hall–Kier alpha value is -0.760. The Kier molecular flexibility index (Phi) is 2.48. The second-order valence-electron chi connectivity index (χ2n) is 7.91. The van der Waals surface area contributed by atoms with Crippen LogP contribution >= 0.6 is 0 Å². The van der Waals surface area contributed by atoms with Gasteiger partial charge in [0.1, 0.15) is 0 Å². The predicted molar refractivity (Wildman–Crippen MR) is 75.4 cm³/mol. The van der Waals surface area contributed by atoms with Crippen molar-refractivity contribution in [2.45, 2.75) is 59.5 Å². The smallest absolute Gasteiger partial charge is 0.0318 e. The number of nitrogens with zero attached hydrogens (tertiary/aromatic N) is 1. The summed E-state index contributed by atoms with van der Waals surface area (Å²) in [6.45, 7) is 10.6. The van der Waals surface area contributed by atoms with E-state index in [0.29, 0.717) is 10.8 Å². The molecule has 0 bridgehead atoms. The van der Waals surface area contributed by atoms with Crippen molar-refractivity contribution in [3.05, 3.63) is 23.5 Å². The molecule has 0 aromatic carbocycles. The van der Waals surface area contributed by atoms with Crippen LogP contribution in [0, 0.1) is 16.7 Å². The molecule has 100 valence electrons. The van der Waals surface area contributed by atoms with Crippen LogP contribution in [0.2, 0.25) is 0 Å². The third-order valence-electron chi connectivity index (χ3n) is 5.07. The normalized spacial score (nSPS) is 32.1. The van der Waals surface area contributed by atoms with E-state index in [1.807, 2.05) is 0 Å². The zero-order chi connectivity index (χ0) is 13.1. The molecule has 1 fully saturated rings. The maximum Gasteiger partial charge on any atom is 0.0318 e. The Morgan fingerprint density at radius 3 is 2.56 bits per heavy atom. The summed E-state index contributed by atoms with van der Waals surface area (Å²) in [5.74, 6) is 0.857. The van der Waals surface area contributed by atoms with Crippen molar-refractivity contribution >= 4 is 0 Å². The largest absolute Gasteiger partial charge is 0.351 e. The fourth-order valence-electron chi connectivity index (χ4n) is 3.59. The van der Waals surface area contributed by atoms with Crippen LogP contribution in [0.4, 0.5) is 0 Å². The Labute approximate surface area is 111 Å². The summed E-state index contributed by atoms with van der Waals surface area (Å²) in [4.78, 5) is 0. The fraction of sp³-hybridized carbons (Fsp3) is 0.750. The van der Waals surface area contributed by atoms with Crippen LogP contribution in [0.15, 0.2) is 12.3 Å². The second-order valence-corrected chi connectivity index (χ2v) is 7.91. The molecule has 2 atom stereocenters. The molecule has 2 heteroatoms. The van der Waals surface area contributed by atoms with E-state index in [1.165, 1.54) is 30.6 Å². The van der Waals surface area contributed by atoms with Crippen molar-refractivity contribution in [1.82, 2.24) is 4.57 Å². The third kappa shape index (κ3) is 2.01. The van der Waals surface area contributed by atoms with E-state index < -0.39 is 0 Å². The first-order valence-corrected chi connectivity index (χ1v) is 7.22. The Morgan fingerprint density at radius 2 is 1.94 bits per heavy atom. The summed E-state index contributed by atoms with van der Waals surface area (Å²) in [7, 11) is 0. The number of nitrogens with two attached hydrogens (primary N) is 1. The molecule has 2 nitrogen and oxygen atoms in total. The van der Waals surface area contributed by atoms with E-state index in [4.69, 9.17) is 5.73 Å². The fourth-order valence-corrected chi connectivity index (χ4v) is 3.59. The van der Waals surface area contributed by atoms with Gasteiger partial charge in [-0.25, -0.2) is 0 Å². The van der Waals surface area contributed by atoms with Gasteiger partial charge in [-0.1, -0.05) is 27.7 Å². The van der Waals surface area contributed by atoms with Crippen molar-refractivity contribution in [3.63, 3.8) is 0 Å². The van der Waals surface area contributed by atoms with E-state index in [9.17, 15) is 0 Å². The first-order chi connectivity index (χ1) is 8.28. The highest BCUT2D eigenvalue weighted by molar-refractivity contribution is 5.30. The molecule has 1 heterocycles. The van der Waals surface area contributed by atoms with Crippen molar-refractivity contribution in [3.8, 4) is 0 Å².